The Kier molecular flexibility index (Phi) is 4.69. The van der Waals surface area contributed by atoms with Crippen molar-refractivity contribution in [3.05, 3.63) is 11.8 Å². The van der Waals surface area contributed by atoms with Gasteiger partial charge < -0.3 is 9.26 Å². The quantitative estimate of drug-likeness (QED) is 0.775. The molecule has 1 aliphatic rings. The van der Waals surface area contributed by atoms with Gasteiger partial charge in [0.15, 0.2) is 0 Å². The monoisotopic (exact) mass is 298 g/mol. The summed E-state index contributed by atoms with van der Waals surface area (Å²) in [7, 11) is 1.40. The number of thioether (sulfide) groups is 1. The van der Waals surface area contributed by atoms with Crippen LogP contribution in [0.5, 0.6) is 0 Å². The molecule has 0 radical (unpaired) electrons. The number of anilines is 1. The first-order valence-corrected chi connectivity index (χ1v) is 7.56. The number of rotatable bonds is 7. The predicted molar refractivity (Wildman–Crippen MR) is 75.5 cm³/mol. The van der Waals surface area contributed by atoms with Gasteiger partial charge in [-0.25, -0.2) is 0 Å². The fourth-order valence-corrected chi connectivity index (χ4v) is 3.07. The van der Waals surface area contributed by atoms with Crippen LogP contribution in [0, 0.1) is 12.3 Å². The van der Waals surface area contributed by atoms with Crippen LogP contribution in [0.3, 0.4) is 0 Å². The number of hydrogen-bond donors (Lipinski definition) is 1. The first-order valence-electron chi connectivity index (χ1n) is 6.41. The van der Waals surface area contributed by atoms with E-state index in [2.05, 4.69) is 15.2 Å². The highest BCUT2D eigenvalue weighted by atomic mass is 32.2. The van der Waals surface area contributed by atoms with Crippen molar-refractivity contribution in [3.8, 4) is 0 Å². The van der Waals surface area contributed by atoms with Crippen LogP contribution in [-0.4, -0.2) is 35.6 Å². The minimum Gasteiger partial charge on any atom is -0.469 e. The summed E-state index contributed by atoms with van der Waals surface area (Å²) in [6.07, 6.45) is 2.50. The van der Waals surface area contributed by atoms with Gasteiger partial charge in [-0.05, 0) is 30.9 Å². The van der Waals surface area contributed by atoms with Gasteiger partial charge in [-0.3, -0.25) is 14.9 Å². The minimum absolute atomic E-state index is 0.0425. The van der Waals surface area contributed by atoms with Crippen molar-refractivity contribution in [1.29, 1.82) is 0 Å². The fourth-order valence-electron chi connectivity index (χ4n) is 1.88. The molecule has 0 aromatic carbocycles. The maximum Gasteiger partial charge on any atom is 0.306 e. The largest absolute Gasteiger partial charge is 0.469 e. The fraction of sp³-hybridized carbons (Fsp3) is 0.615. The van der Waals surface area contributed by atoms with Gasteiger partial charge in [0.1, 0.15) is 0 Å². The Labute approximate surface area is 121 Å². The van der Waals surface area contributed by atoms with E-state index in [-0.39, 0.29) is 17.3 Å². The van der Waals surface area contributed by atoms with E-state index >= 15 is 0 Å². The van der Waals surface area contributed by atoms with Crippen molar-refractivity contribution >= 4 is 29.5 Å². The predicted octanol–water partition coefficient (Wildman–Crippen LogP) is 2.00. The van der Waals surface area contributed by atoms with E-state index in [1.165, 1.54) is 18.9 Å². The summed E-state index contributed by atoms with van der Waals surface area (Å²) in [5.74, 6) is 1.20. The number of carbonyl (C=O) groups excluding carboxylic acids is 2. The van der Waals surface area contributed by atoms with Crippen LogP contribution in [0.2, 0.25) is 0 Å². The third-order valence-corrected chi connectivity index (χ3v) is 4.52. The summed E-state index contributed by atoms with van der Waals surface area (Å²) < 4.78 is 9.60. The number of methoxy groups -OCH3 is 1. The zero-order chi connectivity index (χ0) is 14.6. The first kappa shape index (κ1) is 14.9. The van der Waals surface area contributed by atoms with Crippen LogP contribution >= 0.6 is 11.8 Å². The SMILES string of the molecule is COC(=O)CC1(CSCC(=O)Nc2cc(C)no2)CC1. The van der Waals surface area contributed by atoms with E-state index in [1.54, 1.807) is 13.0 Å². The number of esters is 1. The maximum absolute atomic E-state index is 11.7. The maximum atomic E-state index is 11.7. The molecular weight excluding hydrogens is 280 g/mol. The van der Waals surface area contributed by atoms with Gasteiger partial charge >= 0.3 is 5.97 Å². The summed E-state index contributed by atoms with van der Waals surface area (Å²) in [4.78, 5) is 23.0. The molecule has 0 spiro atoms. The third kappa shape index (κ3) is 4.26. The van der Waals surface area contributed by atoms with Gasteiger partial charge in [0, 0.05) is 6.07 Å². The lowest BCUT2D eigenvalue weighted by Crippen LogP contribution is -2.17. The standard InChI is InChI=1S/C13H18N2O4S/c1-9-5-11(19-15-9)14-10(16)7-20-8-13(3-4-13)6-12(17)18-2/h5H,3-4,6-8H2,1-2H3,(H,14,16). The molecule has 0 atom stereocenters. The third-order valence-electron chi connectivity index (χ3n) is 3.24. The molecule has 1 N–H and O–H groups in total. The molecule has 1 saturated carbocycles. The number of aromatic nitrogens is 1. The summed E-state index contributed by atoms with van der Waals surface area (Å²) in [5, 5.41) is 6.33. The highest BCUT2D eigenvalue weighted by Gasteiger charge is 2.44. The highest BCUT2D eigenvalue weighted by Crippen LogP contribution is 2.51. The summed E-state index contributed by atoms with van der Waals surface area (Å²) in [6.45, 7) is 1.79. The van der Waals surface area contributed by atoms with Gasteiger partial charge in [-0.15, -0.1) is 0 Å². The lowest BCUT2D eigenvalue weighted by atomic mass is 10.1. The molecule has 7 heteroatoms. The number of hydrogen-bond acceptors (Lipinski definition) is 6. The molecule has 2 rings (SSSR count). The lowest BCUT2D eigenvalue weighted by molar-refractivity contribution is -0.141. The minimum atomic E-state index is -0.176. The van der Waals surface area contributed by atoms with Crippen molar-refractivity contribution in [2.45, 2.75) is 26.2 Å². The van der Waals surface area contributed by atoms with Gasteiger partial charge in [0.2, 0.25) is 11.8 Å². The van der Waals surface area contributed by atoms with Crippen LogP contribution < -0.4 is 5.32 Å². The van der Waals surface area contributed by atoms with Crippen LogP contribution in [0.4, 0.5) is 5.88 Å². The molecule has 0 unspecified atom stereocenters. The Morgan fingerprint density at radius 2 is 2.30 bits per heavy atom. The van der Waals surface area contributed by atoms with Crippen LogP contribution in [0.25, 0.3) is 0 Å². The molecule has 1 aromatic heterocycles. The number of amides is 1. The molecule has 0 aliphatic heterocycles. The molecule has 1 fully saturated rings. The van der Waals surface area contributed by atoms with Gasteiger partial charge in [-0.1, -0.05) is 5.16 Å². The number of carbonyl (C=O) groups is 2. The lowest BCUT2D eigenvalue weighted by Gasteiger charge is -2.12. The second-order valence-corrected chi connectivity index (χ2v) is 6.11. The van der Waals surface area contributed by atoms with Crippen molar-refractivity contribution < 1.29 is 18.8 Å². The van der Waals surface area contributed by atoms with E-state index < -0.39 is 0 Å². The van der Waals surface area contributed by atoms with Gasteiger partial charge in [0.05, 0.1) is 25.0 Å². The average Bonchev–Trinajstić information content (AvgIpc) is 3.03. The number of nitrogens with one attached hydrogen (secondary N) is 1. The van der Waals surface area contributed by atoms with Crippen molar-refractivity contribution in [3.63, 3.8) is 0 Å². The van der Waals surface area contributed by atoms with Crippen LogP contribution in [-0.2, 0) is 14.3 Å². The number of aryl methyl sites for hydroxylation is 1. The topological polar surface area (TPSA) is 81.4 Å². The second kappa shape index (κ2) is 6.30. The Morgan fingerprint density at radius 1 is 1.55 bits per heavy atom. The smallest absolute Gasteiger partial charge is 0.306 e. The summed E-state index contributed by atoms with van der Waals surface area (Å²) >= 11 is 1.53. The summed E-state index contributed by atoms with van der Waals surface area (Å²) in [5.41, 5.74) is 0.767. The highest BCUT2D eigenvalue weighted by molar-refractivity contribution is 8.00. The molecule has 20 heavy (non-hydrogen) atoms. The molecular formula is C13H18N2O4S. The van der Waals surface area contributed by atoms with Gasteiger partial charge in [0.25, 0.3) is 0 Å². The van der Waals surface area contributed by atoms with E-state index in [0.717, 1.165) is 24.3 Å². The number of nitrogens with zero attached hydrogens (tertiary/aromatic N) is 1. The molecule has 1 aromatic rings. The van der Waals surface area contributed by atoms with Crippen molar-refractivity contribution in [1.82, 2.24) is 5.16 Å². The molecule has 0 bridgehead atoms. The van der Waals surface area contributed by atoms with E-state index in [1.807, 2.05) is 0 Å². The molecule has 0 saturated heterocycles. The molecule has 110 valence electrons. The zero-order valence-electron chi connectivity index (χ0n) is 11.6. The van der Waals surface area contributed by atoms with Crippen LogP contribution in [0.1, 0.15) is 25.0 Å². The van der Waals surface area contributed by atoms with E-state index in [4.69, 9.17) is 4.52 Å². The van der Waals surface area contributed by atoms with Gasteiger partial charge in [-0.2, -0.15) is 11.8 Å². The van der Waals surface area contributed by atoms with E-state index in [0.29, 0.717) is 18.1 Å². The Morgan fingerprint density at radius 3 is 2.85 bits per heavy atom. The molecule has 6 nitrogen and oxygen atoms in total. The van der Waals surface area contributed by atoms with Crippen molar-refractivity contribution in [2.75, 3.05) is 23.9 Å². The van der Waals surface area contributed by atoms with Crippen LogP contribution in [0.15, 0.2) is 10.6 Å². The molecule has 1 amide bonds. The molecule has 1 heterocycles. The average molecular weight is 298 g/mol. The Bertz CT molecular complexity index is 496. The zero-order valence-corrected chi connectivity index (χ0v) is 12.4. The Hall–Kier alpha value is -1.50. The summed E-state index contributed by atoms with van der Waals surface area (Å²) in [6, 6.07) is 1.67. The van der Waals surface area contributed by atoms with Crippen molar-refractivity contribution in [2.24, 2.45) is 5.41 Å². The second-order valence-electron chi connectivity index (χ2n) is 5.13. The van der Waals surface area contributed by atoms with E-state index in [9.17, 15) is 9.59 Å². The Balaban J connectivity index is 1.68. The molecule has 1 aliphatic carbocycles. The number of ether oxygens (including phenoxy) is 1. The first-order chi connectivity index (χ1) is 9.53. The normalized spacial score (nSPS) is 15.7.